The Hall–Kier alpha value is -0.930. The van der Waals surface area contributed by atoms with Gasteiger partial charge in [-0.3, -0.25) is 0 Å². The smallest absolute Gasteiger partial charge is 0.402 e. The molecule has 64 valence electrons. The van der Waals surface area contributed by atoms with Crippen molar-refractivity contribution in [3.63, 3.8) is 0 Å². The molecule has 0 unspecified atom stereocenters. The normalized spacial score (nSPS) is 13.3. The molecule has 0 aromatic rings. The first-order valence-electron chi connectivity index (χ1n) is 3.10. The van der Waals surface area contributed by atoms with E-state index in [1.165, 1.54) is 0 Å². The molecule has 0 aliphatic heterocycles. The highest BCUT2D eigenvalue weighted by Gasteiger charge is 2.30. The Morgan fingerprint density at radius 1 is 1.55 bits per heavy atom. The average Bonchev–Trinajstić information content (AvgIpc) is 1.85. The number of nitrogens with two attached hydrogens (primary N) is 1. The summed E-state index contributed by atoms with van der Waals surface area (Å²) in [6, 6.07) is 0. The standard InChI is InChI=1S/C7H10F3N/c1-3-6(11)4-5(2)7(8,9)10/h4H,2-3,11H2,1H3/b6-4+. The lowest BCUT2D eigenvalue weighted by atomic mass is 10.2. The van der Waals surface area contributed by atoms with Crippen molar-refractivity contribution in [2.24, 2.45) is 5.73 Å². The molecule has 0 rings (SSSR count). The number of hydrogen-bond donors (Lipinski definition) is 1. The first kappa shape index (κ1) is 10.1. The molecule has 0 saturated heterocycles. The molecule has 11 heavy (non-hydrogen) atoms. The molecule has 4 heteroatoms. The molecule has 0 amide bonds. The van der Waals surface area contributed by atoms with E-state index >= 15 is 0 Å². The average molecular weight is 165 g/mol. The van der Waals surface area contributed by atoms with Crippen molar-refractivity contribution in [2.45, 2.75) is 19.5 Å². The van der Waals surface area contributed by atoms with Gasteiger partial charge in [0.15, 0.2) is 0 Å². The van der Waals surface area contributed by atoms with Gasteiger partial charge in [-0.1, -0.05) is 13.5 Å². The minimum Gasteiger partial charge on any atom is -0.402 e. The van der Waals surface area contributed by atoms with Gasteiger partial charge in [-0.25, -0.2) is 0 Å². The molecule has 0 aromatic carbocycles. The van der Waals surface area contributed by atoms with E-state index in [9.17, 15) is 13.2 Å². The van der Waals surface area contributed by atoms with Crippen LogP contribution in [0.25, 0.3) is 0 Å². The van der Waals surface area contributed by atoms with Crippen molar-refractivity contribution in [3.05, 3.63) is 23.9 Å². The number of halogens is 3. The summed E-state index contributed by atoms with van der Waals surface area (Å²) in [5, 5.41) is 0. The molecule has 0 aliphatic carbocycles. The molecular weight excluding hydrogens is 155 g/mol. The zero-order chi connectivity index (χ0) is 9.07. The molecule has 0 radical (unpaired) electrons. The lowest BCUT2D eigenvalue weighted by Crippen LogP contribution is -2.10. The van der Waals surface area contributed by atoms with Gasteiger partial charge in [0, 0.05) is 5.70 Å². The second-order valence-electron chi connectivity index (χ2n) is 2.10. The first-order chi connectivity index (χ1) is 4.88. The molecule has 0 aliphatic rings. The lowest BCUT2D eigenvalue weighted by Gasteiger charge is -2.05. The van der Waals surface area contributed by atoms with Gasteiger partial charge in [0.1, 0.15) is 0 Å². The monoisotopic (exact) mass is 165 g/mol. The topological polar surface area (TPSA) is 26.0 Å². The zero-order valence-corrected chi connectivity index (χ0v) is 6.20. The largest absolute Gasteiger partial charge is 0.415 e. The van der Waals surface area contributed by atoms with Gasteiger partial charge in [0.25, 0.3) is 0 Å². The van der Waals surface area contributed by atoms with Crippen molar-refractivity contribution in [1.29, 1.82) is 0 Å². The van der Waals surface area contributed by atoms with Crippen LogP contribution in [0, 0.1) is 0 Å². The predicted octanol–water partition coefficient (Wildman–Crippen LogP) is 2.36. The van der Waals surface area contributed by atoms with E-state index in [1.807, 2.05) is 0 Å². The quantitative estimate of drug-likeness (QED) is 0.624. The number of allylic oxidation sites excluding steroid dienone is 3. The van der Waals surface area contributed by atoms with Crippen LogP contribution >= 0.6 is 0 Å². The Labute approximate surface area is 63.4 Å². The highest BCUT2D eigenvalue weighted by atomic mass is 19.4. The van der Waals surface area contributed by atoms with Crippen LogP contribution in [-0.4, -0.2) is 6.18 Å². The predicted molar refractivity (Wildman–Crippen MR) is 37.8 cm³/mol. The minimum atomic E-state index is -4.36. The summed E-state index contributed by atoms with van der Waals surface area (Å²) in [5.74, 6) is 0. The van der Waals surface area contributed by atoms with Crippen LogP contribution in [0.1, 0.15) is 13.3 Å². The van der Waals surface area contributed by atoms with E-state index in [0.717, 1.165) is 6.08 Å². The van der Waals surface area contributed by atoms with Crippen LogP contribution < -0.4 is 5.73 Å². The molecule has 0 heterocycles. The summed E-state index contributed by atoms with van der Waals surface area (Å²) >= 11 is 0. The fourth-order valence-corrected chi connectivity index (χ4v) is 0.408. The van der Waals surface area contributed by atoms with Gasteiger partial charge in [-0.2, -0.15) is 13.2 Å². The van der Waals surface area contributed by atoms with E-state index in [-0.39, 0.29) is 5.70 Å². The van der Waals surface area contributed by atoms with Crippen molar-refractivity contribution in [2.75, 3.05) is 0 Å². The maximum atomic E-state index is 11.7. The van der Waals surface area contributed by atoms with Gasteiger partial charge >= 0.3 is 6.18 Å². The Bertz CT molecular complexity index is 179. The summed E-state index contributed by atoms with van der Waals surface area (Å²) in [6.45, 7) is 4.51. The second kappa shape index (κ2) is 3.46. The number of hydrogen-bond acceptors (Lipinski definition) is 1. The van der Waals surface area contributed by atoms with E-state index in [2.05, 4.69) is 6.58 Å². The van der Waals surface area contributed by atoms with E-state index in [0.29, 0.717) is 6.42 Å². The Morgan fingerprint density at radius 3 is 2.27 bits per heavy atom. The summed E-state index contributed by atoms with van der Waals surface area (Å²) in [7, 11) is 0. The van der Waals surface area contributed by atoms with Crippen LogP contribution in [0.5, 0.6) is 0 Å². The van der Waals surface area contributed by atoms with Crippen molar-refractivity contribution < 1.29 is 13.2 Å². The fraction of sp³-hybridized carbons (Fsp3) is 0.429. The number of alkyl halides is 3. The SMILES string of the molecule is C=C(/C=C(/N)CC)C(F)(F)F. The van der Waals surface area contributed by atoms with E-state index < -0.39 is 11.7 Å². The zero-order valence-electron chi connectivity index (χ0n) is 6.20. The molecule has 0 spiro atoms. The fourth-order valence-electron chi connectivity index (χ4n) is 0.408. The van der Waals surface area contributed by atoms with Gasteiger partial charge < -0.3 is 5.73 Å². The van der Waals surface area contributed by atoms with E-state index in [1.54, 1.807) is 6.92 Å². The maximum absolute atomic E-state index is 11.7. The Morgan fingerprint density at radius 2 is 2.00 bits per heavy atom. The third-order valence-corrected chi connectivity index (χ3v) is 1.13. The van der Waals surface area contributed by atoms with Crippen molar-refractivity contribution >= 4 is 0 Å². The lowest BCUT2D eigenvalue weighted by molar-refractivity contribution is -0.0879. The molecule has 0 bridgehead atoms. The maximum Gasteiger partial charge on any atom is 0.415 e. The van der Waals surface area contributed by atoms with Gasteiger partial charge in [0.2, 0.25) is 0 Å². The number of rotatable bonds is 2. The van der Waals surface area contributed by atoms with Crippen LogP contribution in [0.4, 0.5) is 13.2 Å². The molecule has 0 atom stereocenters. The van der Waals surface area contributed by atoms with Crippen molar-refractivity contribution in [1.82, 2.24) is 0 Å². The summed E-state index contributed by atoms with van der Waals surface area (Å²) in [6.07, 6.45) is -3.12. The second-order valence-corrected chi connectivity index (χ2v) is 2.10. The first-order valence-corrected chi connectivity index (χ1v) is 3.10. The molecule has 0 saturated carbocycles. The summed E-state index contributed by atoms with van der Waals surface area (Å²) in [5.41, 5.74) is 4.45. The van der Waals surface area contributed by atoms with Crippen LogP contribution in [-0.2, 0) is 0 Å². The van der Waals surface area contributed by atoms with Crippen molar-refractivity contribution in [3.8, 4) is 0 Å². The van der Waals surface area contributed by atoms with E-state index in [4.69, 9.17) is 5.73 Å². The molecule has 2 N–H and O–H groups in total. The third kappa shape index (κ3) is 3.70. The molecule has 0 fully saturated rings. The molecule has 1 nitrogen and oxygen atoms in total. The Kier molecular flexibility index (Phi) is 3.17. The van der Waals surface area contributed by atoms with Crippen LogP contribution in [0.3, 0.4) is 0 Å². The molecular formula is C7H10F3N. The minimum absolute atomic E-state index is 0.187. The third-order valence-electron chi connectivity index (χ3n) is 1.13. The highest BCUT2D eigenvalue weighted by Crippen LogP contribution is 2.25. The van der Waals surface area contributed by atoms with Gasteiger partial charge in [-0.05, 0) is 12.5 Å². The van der Waals surface area contributed by atoms with Gasteiger partial charge in [-0.15, -0.1) is 0 Å². The summed E-state index contributed by atoms with van der Waals surface area (Å²) in [4.78, 5) is 0. The van der Waals surface area contributed by atoms with Crippen LogP contribution in [0.15, 0.2) is 23.9 Å². The molecule has 0 aromatic heterocycles. The van der Waals surface area contributed by atoms with Gasteiger partial charge in [0.05, 0.1) is 5.57 Å². The summed E-state index contributed by atoms with van der Waals surface area (Å²) < 4.78 is 35.2. The highest BCUT2D eigenvalue weighted by molar-refractivity contribution is 5.23. The Balaban J connectivity index is 4.30. The van der Waals surface area contributed by atoms with Crippen LogP contribution in [0.2, 0.25) is 0 Å².